The minimum Gasteiger partial charge on any atom is -0.342 e. The summed E-state index contributed by atoms with van der Waals surface area (Å²) in [5, 5.41) is 0. The fourth-order valence-corrected chi connectivity index (χ4v) is 4.67. The molecular weight excluding hydrogens is 328 g/mol. The van der Waals surface area contributed by atoms with Crippen molar-refractivity contribution in [2.45, 2.75) is 64.0 Å². The van der Waals surface area contributed by atoms with E-state index in [-0.39, 0.29) is 17.9 Å². The summed E-state index contributed by atoms with van der Waals surface area (Å²) in [6, 6.07) is 0.372. The molecule has 148 valence electrons. The zero-order chi connectivity index (χ0) is 18.5. The molecule has 0 bridgehead atoms. The summed E-state index contributed by atoms with van der Waals surface area (Å²) in [5.41, 5.74) is 0. The van der Waals surface area contributed by atoms with Crippen molar-refractivity contribution in [1.29, 1.82) is 0 Å². The summed E-state index contributed by atoms with van der Waals surface area (Å²) < 4.78 is 0. The standard InChI is InChI=1S/C20H36N4O2/c1-17(20(26)21(2)18-8-4-3-5-9-18)23-14-12-22(13-15-23)16-19(25)24-10-6-7-11-24/h17-18H,3-16H2,1-2H3. The van der Waals surface area contributed by atoms with Gasteiger partial charge in [0, 0.05) is 52.4 Å². The maximum atomic E-state index is 12.9. The van der Waals surface area contributed by atoms with Crippen molar-refractivity contribution in [3.63, 3.8) is 0 Å². The van der Waals surface area contributed by atoms with Crippen LogP contribution in [-0.4, -0.2) is 96.4 Å². The van der Waals surface area contributed by atoms with E-state index in [4.69, 9.17) is 0 Å². The van der Waals surface area contributed by atoms with E-state index >= 15 is 0 Å². The molecule has 2 saturated heterocycles. The first-order valence-corrected chi connectivity index (χ1v) is 10.6. The Morgan fingerprint density at radius 3 is 2.15 bits per heavy atom. The molecule has 2 heterocycles. The molecule has 3 aliphatic rings. The van der Waals surface area contributed by atoms with Crippen LogP contribution in [0.5, 0.6) is 0 Å². The SMILES string of the molecule is CC(C(=O)N(C)C1CCCCC1)N1CCN(CC(=O)N2CCCC2)CC1. The highest BCUT2D eigenvalue weighted by Gasteiger charge is 2.31. The Labute approximate surface area is 158 Å². The number of hydrogen-bond donors (Lipinski definition) is 0. The molecule has 26 heavy (non-hydrogen) atoms. The summed E-state index contributed by atoms with van der Waals surface area (Å²) in [5.74, 6) is 0.538. The summed E-state index contributed by atoms with van der Waals surface area (Å²) in [7, 11) is 1.99. The fourth-order valence-electron chi connectivity index (χ4n) is 4.67. The Balaban J connectivity index is 1.43. The first-order chi connectivity index (χ1) is 12.6. The number of amides is 2. The molecule has 0 radical (unpaired) electrons. The highest BCUT2D eigenvalue weighted by atomic mass is 16.2. The van der Waals surface area contributed by atoms with Crippen molar-refractivity contribution in [2.24, 2.45) is 0 Å². The Bertz CT molecular complexity index is 478. The maximum Gasteiger partial charge on any atom is 0.239 e. The summed E-state index contributed by atoms with van der Waals surface area (Å²) >= 11 is 0. The van der Waals surface area contributed by atoms with Crippen LogP contribution in [0.15, 0.2) is 0 Å². The minimum atomic E-state index is -0.0571. The van der Waals surface area contributed by atoms with E-state index in [1.165, 1.54) is 19.3 Å². The topological polar surface area (TPSA) is 47.1 Å². The second-order valence-electron chi connectivity index (χ2n) is 8.32. The smallest absolute Gasteiger partial charge is 0.239 e. The number of carbonyl (C=O) groups is 2. The van der Waals surface area contributed by atoms with Crippen LogP contribution in [0.25, 0.3) is 0 Å². The van der Waals surface area contributed by atoms with E-state index in [2.05, 4.69) is 9.80 Å². The van der Waals surface area contributed by atoms with Gasteiger partial charge in [-0.05, 0) is 32.6 Å². The van der Waals surface area contributed by atoms with Crippen molar-refractivity contribution in [3.8, 4) is 0 Å². The predicted octanol–water partition coefficient (Wildman–Crippen LogP) is 1.41. The van der Waals surface area contributed by atoms with Crippen LogP contribution in [-0.2, 0) is 9.59 Å². The highest BCUT2D eigenvalue weighted by Crippen LogP contribution is 2.23. The van der Waals surface area contributed by atoms with Crippen LogP contribution in [0, 0.1) is 0 Å². The number of rotatable bonds is 5. The van der Waals surface area contributed by atoms with E-state index in [1.54, 1.807) is 0 Å². The Morgan fingerprint density at radius 2 is 1.54 bits per heavy atom. The van der Waals surface area contributed by atoms with Gasteiger partial charge in [0.05, 0.1) is 12.6 Å². The van der Waals surface area contributed by atoms with Crippen LogP contribution >= 0.6 is 0 Å². The summed E-state index contributed by atoms with van der Waals surface area (Å²) in [6.07, 6.45) is 8.41. The molecule has 1 saturated carbocycles. The van der Waals surface area contributed by atoms with Crippen molar-refractivity contribution < 1.29 is 9.59 Å². The third kappa shape index (κ3) is 4.77. The molecule has 6 heteroatoms. The number of piperazine rings is 1. The van der Waals surface area contributed by atoms with E-state index < -0.39 is 0 Å². The van der Waals surface area contributed by atoms with Gasteiger partial charge < -0.3 is 9.80 Å². The molecule has 2 amide bonds. The molecule has 6 nitrogen and oxygen atoms in total. The van der Waals surface area contributed by atoms with Crippen molar-refractivity contribution in [3.05, 3.63) is 0 Å². The van der Waals surface area contributed by atoms with Gasteiger partial charge in [-0.25, -0.2) is 0 Å². The average molecular weight is 365 g/mol. The molecule has 2 aliphatic heterocycles. The van der Waals surface area contributed by atoms with Crippen LogP contribution in [0.4, 0.5) is 0 Å². The number of hydrogen-bond acceptors (Lipinski definition) is 4. The lowest BCUT2D eigenvalue weighted by atomic mass is 9.94. The van der Waals surface area contributed by atoms with Crippen LogP contribution in [0.2, 0.25) is 0 Å². The summed E-state index contributed by atoms with van der Waals surface area (Å²) in [4.78, 5) is 33.7. The average Bonchev–Trinajstić information content (AvgIpc) is 3.22. The van der Waals surface area contributed by atoms with E-state index in [0.717, 1.165) is 65.0 Å². The Kier molecular flexibility index (Phi) is 6.92. The summed E-state index contributed by atoms with van der Waals surface area (Å²) in [6.45, 7) is 7.95. The monoisotopic (exact) mass is 364 g/mol. The van der Waals surface area contributed by atoms with Gasteiger partial charge in [-0.1, -0.05) is 19.3 Å². The second-order valence-corrected chi connectivity index (χ2v) is 8.32. The molecule has 0 aromatic rings. The molecule has 1 aliphatic carbocycles. The predicted molar refractivity (Wildman–Crippen MR) is 103 cm³/mol. The number of nitrogens with zero attached hydrogens (tertiary/aromatic N) is 4. The minimum absolute atomic E-state index is 0.0571. The largest absolute Gasteiger partial charge is 0.342 e. The van der Waals surface area contributed by atoms with Crippen molar-refractivity contribution in [1.82, 2.24) is 19.6 Å². The van der Waals surface area contributed by atoms with Gasteiger partial charge in [0.15, 0.2) is 0 Å². The van der Waals surface area contributed by atoms with Gasteiger partial charge in [0.2, 0.25) is 11.8 Å². The number of likely N-dealkylation sites (N-methyl/N-ethyl adjacent to an activating group) is 1. The van der Waals surface area contributed by atoms with E-state index in [9.17, 15) is 9.59 Å². The molecule has 0 aromatic carbocycles. The molecule has 0 aromatic heterocycles. The maximum absolute atomic E-state index is 12.9. The molecular formula is C20H36N4O2. The molecule has 3 rings (SSSR count). The molecule has 1 atom stereocenters. The lowest BCUT2D eigenvalue weighted by Gasteiger charge is -2.40. The van der Waals surface area contributed by atoms with Gasteiger partial charge in [0.1, 0.15) is 0 Å². The molecule has 3 fully saturated rings. The first kappa shape index (κ1) is 19.6. The molecule has 0 N–H and O–H groups in total. The third-order valence-corrected chi connectivity index (χ3v) is 6.60. The fraction of sp³-hybridized carbons (Fsp3) is 0.900. The highest BCUT2D eigenvalue weighted by molar-refractivity contribution is 5.81. The quantitative estimate of drug-likeness (QED) is 0.740. The lowest BCUT2D eigenvalue weighted by molar-refractivity contribution is -0.139. The Morgan fingerprint density at radius 1 is 0.923 bits per heavy atom. The van der Waals surface area contributed by atoms with Gasteiger partial charge in [0.25, 0.3) is 0 Å². The third-order valence-electron chi connectivity index (χ3n) is 6.60. The van der Waals surface area contributed by atoms with Crippen molar-refractivity contribution >= 4 is 11.8 Å². The van der Waals surface area contributed by atoms with Crippen LogP contribution in [0.3, 0.4) is 0 Å². The normalized spacial score (nSPS) is 24.6. The van der Waals surface area contributed by atoms with Crippen molar-refractivity contribution in [2.75, 3.05) is 52.9 Å². The number of likely N-dealkylation sites (tertiary alicyclic amines) is 1. The van der Waals surface area contributed by atoms with Crippen LogP contribution in [0.1, 0.15) is 51.9 Å². The molecule has 1 unspecified atom stereocenters. The number of carbonyl (C=O) groups excluding carboxylic acids is 2. The van der Waals surface area contributed by atoms with Gasteiger partial charge in [-0.2, -0.15) is 0 Å². The lowest BCUT2D eigenvalue weighted by Crippen LogP contribution is -2.56. The zero-order valence-electron chi connectivity index (χ0n) is 16.7. The Hall–Kier alpha value is -1.14. The van der Waals surface area contributed by atoms with Gasteiger partial charge >= 0.3 is 0 Å². The van der Waals surface area contributed by atoms with Gasteiger partial charge in [-0.15, -0.1) is 0 Å². The molecule has 0 spiro atoms. The first-order valence-electron chi connectivity index (χ1n) is 10.6. The van der Waals surface area contributed by atoms with E-state index in [1.807, 2.05) is 23.8 Å². The van der Waals surface area contributed by atoms with Gasteiger partial charge in [-0.3, -0.25) is 19.4 Å². The van der Waals surface area contributed by atoms with E-state index in [0.29, 0.717) is 12.6 Å². The second kappa shape index (κ2) is 9.18. The zero-order valence-corrected chi connectivity index (χ0v) is 16.7. The van der Waals surface area contributed by atoms with Crippen LogP contribution < -0.4 is 0 Å².